The smallest absolute Gasteiger partial charge is 0.341 e. The summed E-state index contributed by atoms with van der Waals surface area (Å²) in [5, 5.41) is 0. The first-order valence-corrected chi connectivity index (χ1v) is 8.59. The Morgan fingerprint density at radius 3 is 2.96 bits per heavy atom. The molecule has 0 saturated carbocycles. The summed E-state index contributed by atoms with van der Waals surface area (Å²) >= 11 is 0. The molecule has 1 atom stereocenters. The number of para-hydroxylation sites is 1. The zero-order chi connectivity index (χ0) is 18.1. The second-order valence-corrected chi connectivity index (χ2v) is 6.51. The van der Waals surface area contributed by atoms with Gasteiger partial charge >= 0.3 is 5.97 Å². The summed E-state index contributed by atoms with van der Waals surface area (Å²) in [6.07, 6.45) is 0.884. The topological polar surface area (TPSA) is 55.6 Å². The number of ether oxygens (including phenoxy) is 1. The van der Waals surface area contributed by atoms with E-state index in [1.54, 1.807) is 18.2 Å². The fraction of sp³-hybridized carbons (Fsp3) is 0.300. The Morgan fingerprint density at radius 2 is 2.15 bits per heavy atom. The molecule has 4 rings (SSSR count). The van der Waals surface area contributed by atoms with Gasteiger partial charge in [-0.15, -0.1) is 0 Å². The van der Waals surface area contributed by atoms with Gasteiger partial charge in [0.25, 0.3) is 0 Å². The summed E-state index contributed by atoms with van der Waals surface area (Å²) in [5.74, 6) is 0.124. The second kappa shape index (κ2) is 6.88. The molecule has 2 heterocycles. The molecule has 0 amide bonds. The number of halogens is 1. The van der Waals surface area contributed by atoms with E-state index < -0.39 is 5.97 Å². The lowest BCUT2D eigenvalue weighted by Crippen LogP contribution is -2.20. The number of aromatic nitrogens is 1. The van der Waals surface area contributed by atoms with Gasteiger partial charge < -0.3 is 9.15 Å². The van der Waals surface area contributed by atoms with Gasteiger partial charge in [0.2, 0.25) is 0 Å². The summed E-state index contributed by atoms with van der Waals surface area (Å²) in [5.41, 5.74) is 2.18. The lowest BCUT2D eigenvalue weighted by Gasteiger charge is -2.15. The number of carbonyl (C=O) groups is 1. The molecule has 26 heavy (non-hydrogen) atoms. The highest BCUT2D eigenvalue weighted by molar-refractivity contribution is 6.00. The fourth-order valence-corrected chi connectivity index (χ4v) is 3.46. The molecule has 0 N–H and O–H groups in total. The Bertz CT molecular complexity index is 953. The number of esters is 1. The first kappa shape index (κ1) is 16.7. The molecule has 0 spiro atoms. The van der Waals surface area contributed by atoms with Gasteiger partial charge in [0.05, 0.1) is 7.11 Å². The largest absolute Gasteiger partial charge is 0.465 e. The Hall–Kier alpha value is -2.73. The number of carbonyl (C=O) groups excluding carboxylic acids is 1. The standard InChI is InChI=1S/C20H19FN2O3/c1-25-20(24)15-6-4-8-17-18(15)26-19(22-17)14-9-10-23(12-14)11-13-5-2-3-7-16(13)21/h2-8,14H,9-12H2,1H3/t14-/m1/s1. The molecule has 5 nitrogen and oxygen atoms in total. The minimum absolute atomic E-state index is 0.125. The van der Waals surface area contributed by atoms with Crippen molar-refractivity contribution >= 4 is 17.1 Å². The Balaban J connectivity index is 1.54. The van der Waals surface area contributed by atoms with Crippen LogP contribution in [0.15, 0.2) is 46.9 Å². The zero-order valence-electron chi connectivity index (χ0n) is 14.4. The molecule has 134 valence electrons. The summed E-state index contributed by atoms with van der Waals surface area (Å²) in [6.45, 7) is 2.16. The maximum absolute atomic E-state index is 13.9. The van der Waals surface area contributed by atoms with E-state index >= 15 is 0 Å². The molecule has 2 aromatic carbocycles. The van der Waals surface area contributed by atoms with Crippen LogP contribution in [-0.4, -0.2) is 36.1 Å². The van der Waals surface area contributed by atoms with Gasteiger partial charge in [-0.25, -0.2) is 14.2 Å². The molecule has 0 unspecified atom stereocenters. The van der Waals surface area contributed by atoms with Crippen molar-refractivity contribution in [3.63, 3.8) is 0 Å². The van der Waals surface area contributed by atoms with Gasteiger partial charge in [-0.3, -0.25) is 4.90 Å². The van der Waals surface area contributed by atoms with E-state index in [1.807, 2.05) is 18.2 Å². The highest BCUT2D eigenvalue weighted by Crippen LogP contribution is 2.31. The van der Waals surface area contributed by atoms with Crippen molar-refractivity contribution in [2.75, 3.05) is 20.2 Å². The molecule has 1 saturated heterocycles. The van der Waals surface area contributed by atoms with Crippen LogP contribution in [0.1, 0.15) is 34.2 Å². The fourth-order valence-electron chi connectivity index (χ4n) is 3.46. The number of nitrogens with zero attached hydrogens (tertiary/aromatic N) is 2. The molecule has 1 aliphatic rings. The van der Waals surface area contributed by atoms with Crippen LogP contribution in [0, 0.1) is 5.82 Å². The van der Waals surface area contributed by atoms with E-state index in [9.17, 15) is 9.18 Å². The van der Waals surface area contributed by atoms with Crippen LogP contribution in [0.5, 0.6) is 0 Å². The highest BCUT2D eigenvalue weighted by atomic mass is 19.1. The van der Waals surface area contributed by atoms with E-state index in [0.717, 1.165) is 19.5 Å². The van der Waals surface area contributed by atoms with Crippen molar-refractivity contribution in [3.05, 3.63) is 65.3 Å². The third kappa shape index (κ3) is 3.08. The normalized spacial score (nSPS) is 17.7. The molecule has 1 aromatic heterocycles. The molecule has 6 heteroatoms. The number of oxazole rings is 1. The van der Waals surface area contributed by atoms with Crippen molar-refractivity contribution in [2.45, 2.75) is 18.9 Å². The van der Waals surface area contributed by atoms with Crippen molar-refractivity contribution in [1.29, 1.82) is 0 Å². The van der Waals surface area contributed by atoms with Crippen LogP contribution in [-0.2, 0) is 11.3 Å². The van der Waals surface area contributed by atoms with Crippen LogP contribution in [0.25, 0.3) is 11.1 Å². The van der Waals surface area contributed by atoms with Crippen LogP contribution >= 0.6 is 0 Å². The van der Waals surface area contributed by atoms with Crippen molar-refractivity contribution in [3.8, 4) is 0 Å². The van der Waals surface area contributed by atoms with Crippen LogP contribution in [0.3, 0.4) is 0 Å². The maximum atomic E-state index is 13.9. The minimum Gasteiger partial charge on any atom is -0.465 e. The van der Waals surface area contributed by atoms with E-state index in [0.29, 0.717) is 34.7 Å². The van der Waals surface area contributed by atoms with Gasteiger partial charge in [0.1, 0.15) is 16.9 Å². The summed E-state index contributed by atoms with van der Waals surface area (Å²) < 4.78 is 24.6. The summed E-state index contributed by atoms with van der Waals surface area (Å²) in [4.78, 5) is 18.6. The van der Waals surface area contributed by atoms with Gasteiger partial charge in [0.15, 0.2) is 11.5 Å². The third-order valence-corrected chi connectivity index (χ3v) is 4.81. The van der Waals surface area contributed by atoms with Crippen molar-refractivity contribution < 1.29 is 18.3 Å². The average molecular weight is 354 g/mol. The van der Waals surface area contributed by atoms with E-state index in [-0.39, 0.29) is 11.7 Å². The van der Waals surface area contributed by atoms with E-state index in [2.05, 4.69) is 9.88 Å². The second-order valence-electron chi connectivity index (χ2n) is 6.51. The van der Waals surface area contributed by atoms with E-state index in [1.165, 1.54) is 13.2 Å². The third-order valence-electron chi connectivity index (χ3n) is 4.81. The lowest BCUT2D eigenvalue weighted by molar-refractivity contribution is 0.0601. The molecule has 3 aromatic rings. The number of benzene rings is 2. The van der Waals surface area contributed by atoms with Crippen LogP contribution in [0.4, 0.5) is 4.39 Å². The number of rotatable bonds is 4. The first-order valence-electron chi connectivity index (χ1n) is 8.59. The lowest BCUT2D eigenvalue weighted by atomic mass is 10.1. The Labute approximate surface area is 150 Å². The predicted molar refractivity (Wildman–Crippen MR) is 94.4 cm³/mol. The summed E-state index contributed by atoms with van der Waals surface area (Å²) in [6, 6.07) is 12.1. The number of methoxy groups -OCH3 is 1. The number of hydrogen-bond acceptors (Lipinski definition) is 5. The van der Waals surface area contributed by atoms with Gasteiger partial charge in [-0.1, -0.05) is 24.3 Å². The first-order chi connectivity index (χ1) is 12.7. The minimum atomic E-state index is -0.439. The maximum Gasteiger partial charge on any atom is 0.341 e. The van der Waals surface area contributed by atoms with Crippen LogP contribution in [0.2, 0.25) is 0 Å². The van der Waals surface area contributed by atoms with Gasteiger partial charge in [0, 0.05) is 24.6 Å². The molecule has 0 radical (unpaired) electrons. The molecular formula is C20H19FN2O3. The van der Waals surface area contributed by atoms with Crippen molar-refractivity contribution in [1.82, 2.24) is 9.88 Å². The molecule has 1 fully saturated rings. The zero-order valence-corrected chi connectivity index (χ0v) is 14.4. The molecule has 0 aliphatic carbocycles. The number of fused-ring (bicyclic) bond motifs is 1. The summed E-state index contributed by atoms with van der Waals surface area (Å²) in [7, 11) is 1.34. The highest BCUT2D eigenvalue weighted by Gasteiger charge is 2.29. The number of likely N-dealkylation sites (tertiary alicyclic amines) is 1. The molecule has 0 bridgehead atoms. The predicted octanol–water partition coefficient (Wildman–Crippen LogP) is 3.74. The van der Waals surface area contributed by atoms with Gasteiger partial charge in [-0.2, -0.15) is 0 Å². The van der Waals surface area contributed by atoms with Gasteiger partial charge in [-0.05, 0) is 31.2 Å². The average Bonchev–Trinajstić information content (AvgIpc) is 3.29. The number of hydrogen-bond donors (Lipinski definition) is 0. The van der Waals surface area contributed by atoms with Crippen LogP contribution < -0.4 is 0 Å². The Morgan fingerprint density at radius 1 is 1.31 bits per heavy atom. The quantitative estimate of drug-likeness (QED) is 0.668. The Kier molecular flexibility index (Phi) is 4.42. The molecule has 1 aliphatic heterocycles. The monoisotopic (exact) mass is 354 g/mol. The van der Waals surface area contributed by atoms with Crippen molar-refractivity contribution in [2.24, 2.45) is 0 Å². The molecular weight excluding hydrogens is 335 g/mol. The van der Waals surface area contributed by atoms with E-state index in [4.69, 9.17) is 9.15 Å². The SMILES string of the molecule is COC(=O)c1cccc2nc([C@@H]3CCN(Cc4ccccc4F)C3)oc12.